The molecule has 0 saturated heterocycles. The number of hydrogen-bond acceptors (Lipinski definition) is 1. The van der Waals surface area contributed by atoms with Crippen molar-refractivity contribution < 1.29 is 0 Å². The van der Waals surface area contributed by atoms with E-state index in [0.29, 0.717) is 0 Å². The smallest absolute Gasteiger partial charge is 0.132 e. The van der Waals surface area contributed by atoms with Crippen molar-refractivity contribution in [3.05, 3.63) is 24.8 Å². The topological polar surface area (TPSA) is 28.7 Å². The third-order valence-corrected chi connectivity index (χ3v) is 4.00. The lowest BCUT2D eigenvalue weighted by Crippen LogP contribution is -1.80. The highest BCUT2D eigenvalue weighted by atomic mass is 127. The van der Waals surface area contributed by atoms with Gasteiger partial charge in [0.25, 0.3) is 0 Å². The normalized spacial score (nSPS) is 11.1. The van der Waals surface area contributed by atoms with Crippen molar-refractivity contribution in [3.63, 3.8) is 0 Å². The third kappa shape index (κ3) is 1.49. The minimum absolute atomic E-state index is 0.766. The zero-order valence-corrected chi connectivity index (χ0v) is 11.2. The molecule has 0 aliphatic carbocycles. The average Bonchev–Trinajstić information content (AvgIpc) is 2.43. The van der Waals surface area contributed by atoms with Gasteiger partial charge in [-0.1, -0.05) is 27.5 Å². The highest BCUT2D eigenvalue weighted by molar-refractivity contribution is 14.1. The Kier molecular flexibility index (Phi) is 2.55. The number of H-pyrrole nitrogens is 1. The molecular weight excluding hydrogens is 366 g/mol. The molecule has 2 rings (SSSR count). The van der Waals surface area contributed by atoms with Crippen molar-refractivity contribution in [2.24, 2.45) is 0 Å². The molecule has 13 heavy (non-hydrogen) atoms. The molecule has 0 spiro atoms. The number of halogens is 3. The molecule has 2 nitrogen and oxygen atoms in total. The largest absolute Gasteiger partial charge is 0.277 e. The van der Waals surface area contributed by atoms with Crippen LogP contribution in [0.3, 0.4) is 0 Å². The van der Waals surface area contributed by atoms with Crippen LogP contribution in [0, 0.1) is 10.6 Å². The molecule has 0 fully saturated rings. The van der Waals surface area contributed by atoms with E-state index in [-0.39, 0.29) is 0 Å². The standard InChI is InChI=1S/C8H5BrClIN2/c1-3-4(9)2-5-6(7(3)10)8(11)13-12-5/h2H,1H3,(H,12,13). The van der Waals surface area contributed by atoms with Crippen molar-refractivity contribution >= 4 is 61.0 Å². The first-order valence-electron chi connectivity index (χ1n) is 3.59. The van der Waals surface area contributed by atoms with Crippen LogP contribution < -0.4 is 0 Å². The number of nitrogens with one attached hydrogen (secondary N) is 1. The quantitative estimate of drug-likeness (QED) is 0.700. The van der Waals surface area contributed by atoms with E-state index in [2.05, 4.69) is 48.7 Å². The Morgan fingerprint density at radius 3 is 3.00 bits per heavy atom. The van der Waals surface area contributed by atoms with Crippen LogP contribution in [0.5, 0.6) is 0 Å². The summed E-state index contributed by atoms with van der Waals surface area (Å²) in [5, 5.41) is 8.79. The first-order chi connectivity index (χ1) is 6.11. The molecule has 68 valence electrons. The molecule has 0 saturated carbocycles. The summed E-state index contributed by atoms with van der Waals surface area (Å²) < 4.78 is 1.92. The molecule has 1 aromatic carbocycles. The van der Waals surface area contributed by atoms with Crippen molar-refractivity contribution in [1.29, 1.82) is 0 Å². The number of benzene rings is 1. The molecule has 0 aliphatic rings. The van der Waals surface area contributed by atoms with Crippen molar-refractivity contribution in [3.8, 4) is 0 Å². The molecule has 0 atom stereocenters. The number of hydrogen-bond donors (Lipinski definition) is 1. The lowest BCUT2D eigenvalue weighted by molar-refractivity contribution is 1.09. The molecule has 2 aromatic rings. The summed E-state index contributed by atoms with van der Waals surface area (Å²) in [4.78, 5) is 0. The maximum Gasteiger partial charge on any atom is 0.132 e. The summed E-state index contributed by atoms with van der Waals surface area (Å²) >= 11 is 11.8. The highest BCUT2D eigenvalue weighted by Crippen LogP contribution is 2.33. The second-order valence-corrected chi connectivity index (χ2v) is 4.99. The van der Waals surface area contributed by atoms with Gasteiger partial charge in [-0.15, -0.1) is 0 Å². The zero-order valence-electron chi connectivity index (χ0n) is 6.66. The van der Waals surface area contributed by atoms with E-state index in [1.807, 2.05) is 13.0 Å². The van der Waals surface area contributed by atoms with Gasteiger partial charge in [0.1, 0.15) is 3.70 Å². The number of aromatic nitrogens is 2. The van der Waals surface area contributed by atoms with Gasteiger partial charge >= 0.3 is 0 Å². The van der Waals surface area contributed by atoms with E-state index in [0.717, 1.165) is 29.7 Å². The van der Waals surface area contributed by atoms with Crippen molar-refractivity contribution in [1.82, 2.24) is 10.2 Å². The first kappa shape index (κ1) is 9.73. The predicted octanol–water partition coefficient (Wildman–Crippen LogP) is 3.89. The summed E-state index contributed by atoms with van der Waals surface area (Å²) in [6, 6.07) is 1.99. The Labute approximate surface area is 102 Å². The summed E-state index contributed by atoms with van der Waals surface area (Å²) in [6.45, 7) is 1.98. The van der Waals surface area contributed by atoms with Gasteiger partial charge in [-0.3, -0.25) is 5.10 Å². The van der Waals surface area contributed by atoms with Gasteiger partial charge in [-0.2, -0.15) is 5.10 Å². The lowest BCUT2D eigenvalue weighted by atomic mass is 10.2. The van der Waals surface area contributed by atoms with E-state index in [4.69, 9.17) is 11.6 Å². The van der Waals surface area contributed by atoms with E-state index in [9.17, 15) is 0 Å². The molecule has 1 N–H and O–H groups in total. The van der Waals surface area contributed by atoms with Gasteiger partial charge in [0.2, 0.25) is 0 Å². The maximum atomic E-state index is 6.18. The molecule has 0 amide bonds. The minimum Gasteiger partial charge on any atom is -0.277 e. The molecule has 0 aliphatic heterocycles. The zero-order chi connectivity index (χ0) is 9.59. The SMILES string of the molecule is Cc1c(Br)cc2[nH]nc(I)c2c1Cl. The maximum absolute atomic E-state index is 6.18. The van der Waals surface area contributed by atoms with E-state index >= 15 is 0 Å². The second kappa shape index (κ2) is 3.40. The van der Waals surface area contributed by atoms with E-state index < -0.39 is 0 Å². The summed E-state index contributed by atoms with van der Waals surface area (Å²) in [5.41, 5.74) is 2.01. The Bertz CT molecular complexity index is 480. The number of nitrogens with zero attached hydrogens (tertiary/aromatic N) is 1. The van der Waals surface area contributed by atoms with E-state index in [1.54, 1.807) is 0 Å². The van der Waals surface area contributed by atoms with Gasteiger partial charge < -0.3 is 0 Å². The fraction of sp³-hybridized carbons (Fsp3) is 0.125. The molecule has 0 unspecified atom stereocenters. The molecule has 1 aromatic heterocycles. The highest BCUT2D eigenvalue weighted by Gasteiger charge is 2.11. The summed E-state index contributed by atoms with van der Waals surface area (Å²) in [7, 11) is 0. The average molecular weight is 371 g/mol. The number of fused-ring (bicyclic) bond motifs is 1. The molecule has 0 radical (unpaired) electrons. The van der Waals surface area contributed by atoms with Crippen molar-refractivity contribution in [2.75, 3.05) is 0 Å². The Balaban J connectivity index is 2.97. The Hall–Kier alpha value is 0.190. The molecular formula is C8H5BrClIN2. The van der Waals surface area contributed by atoms with E-state index in [1.165, 1.54) is 0 Å². The second-order valence-electron chi connectivity index (χ2n) is 2.73. The summed E-state index contributed by atoms with van der Waals surface area (Å²) in [5.74, 6) is 0. The van der Waals surface area contributed by atoms with Crippen LogP contribution in [0.2, 0.25) is 5.02 Å². The van der Waals surface area contributed by atoms with Crippen LogP contribution in [-0.2, 0) is 0 Å². The van der Waals surface area contributed by atoms with Gasteiger partial charge in [-0.25, -0.2) is 0 Å². The summed E-state index contributed by atoms with van der Waals surface area (Å²) in [6.07, 6.45) is 0. The van der Waals surface area contributed by atoms with Gasteiger partial charge in [-0.05, 0) is 41.1 Å². The monoisotopic (exact) mass is 370 g/mol. The van der Waals surface area contributed by atoms with Gasteiger partial charge in [0, 0.05) is 4.47 Å². The predicted molar refractivity (Wildman–Crippen MR) is 66.3 cm³/mol. The van der Waals surface area contributed by atoms with Crippen LogP contribution in [0.25, 0.3) is 10.9 Å². The number of rotatable bonds is 0. The Morgan fingerprint density at radius 2 is 2.31 bits per heavy atom. The Morgan fingerprint density at radius 1 is 1.62 bits per heavy atom. The van der Waals surface area contributed by atoms with Gasteiger partial charge in [0.15, 0.2) is 0 Å². The van der Waals surface area contributed by atoms with Crippen LogP contribution >= 0.6 is 50.1 Å². The van der Waals surface area contributed by atoms with Crippen LogP contribution in [-0.4, -0.2) is 10.2 Å². The molecule has 5 heteroatoms. The van der Waals surface area contributed by atoms with Crippen molar-refractivity contribution in [2.45, 2.75) is 6.92 Å². The third-order valence-electron chi connectivity index (χ3n) is 1.93. The fourth-order valence-electron chi connectivity index (χ4n) is 1.17. The van der Waals surface area contributed by atoms with Gasteiger partial charge in [0.05, 0.1) is 15.9 Å². The minimum atomic E-state index is 0.766. The lowest BCUT2D eigenvalue weighted by Gasteiger charge is -2.01. The van der Waals surface area contributed by atoms with Crippen LogP contribution in [0.1, 0.15) is 5.56 Å². The van der Waals surface area contributed by atoms with Crippen LogP contribution in [0.15, 0.2) is 10.5 Å². The van der Waals surface area contributed by atoms with Crippen LogP contribution in [0.4, 0.5) is 0 Å². The fourth-order valence-corrected chi connectivity index (χ4v) is 2.85. The molecule has 0 bridgehead atoms. The molecule has 1 heterocycles. The first-order valence-corrected chi connectivity index (χ1v) is 5.84. The number of aromatic amines is 1.